The van der Waals surface area contributed by atoms with Gasteiger partial charge in [0.1, 0.15) is 5.82 Å². The molecule has 0 bridgehead atoms. The standard InChI is InChI=1S/C9H11FS2/c10-8-4-1-2-5-9(8)12-7-3-6-11/h1-2,4-5,11H,3,6-7H2. The first kappa shape index (κ1) is 9.93. The Balaban J connectivity index is 2.46. The van der Waals surface area contributed by atoms with Gasteiger partial charge in [-0.3, -0.25) is 0 Å². The lowest BCUT2D eigenvalue weighted by Gasteiger charge is -2.00. The van der Waals surface area contributed by atoms with Crippen molar-refractivity contribution in [3.63, 3.8) is 0 Å². The maximum absolute atomic E-state index is 13.0. The van der Waals surface area contributed by atoms with Gasteiger partial charge in [-0.15, -0.1) is 11.8 Å². The summed E-state index contributed by atoms with van der Waals surface area (Å²) < 4.78 is 13.0. The van der Waals surface area contributed by atoms with Crippen LogP contribution < -0.4 is 0 Å². The number of rotatable bonds is 4. The molecule has 0 saturated heterocycles. The van der Waals surface area contributed by atoms with Crippen molar-refractivity contribution in [2.45, 2.75) is 11.3 Å². The Morgan fingerprint density at radius 2 is 2.08 bits per heavy atom. The number of benzene rings is 1. The fraction of sp³-hybridized carbons (Fsp3) is 0.333. The molecule has 0 N–H and O–H groups in total. The molecule has 0 saturated carbocycles. The van der Waals surface area contributed by atoms with Crippen molar-refractivity contribution < 1.29 is 4.39 Å². The minimum absolute atomic E-state index is 0.123. The summed E-state index contributed by atoms with van der Waals surface area (Å²) in [6, 6.07) is 6.85. The second-order valence-electron chi connectivity index (χ2n) is 2.36. The van der Waals surface area contributed by atoms with Crippen LogP contribution in [0.15, 0.2) is 29.2 Å². The molecule has 0 atom stereocenters. The van der Waals surface area contributed by atoms with Crippen molar-refractivity contribution >= 4 is 24.4 Å². The quantitative estimate of drug-likeness (QED) is 0.444. The summed E-state index contributed by atoms with van der Waals surface area (Å²) in [5, 5.41) is 0. The molecule has 0 aliphatic rings. The van der Waals surface area contributed by atoms with Gasteiger partial charge in [-0.1, -0.05) is 12.1 Å². The van der Waals surface area contributed by atoms with Crippen molar-refractivity contribution in [3.8, 4) is 0 Å². The lowest BCUT2D eigenvalue weighted by molar-refractivity contribution is 0.602. The third-order valence-corrected chi connectivity index (χ3v) is 2.85. The topological polar surface area (TPSA) is 0 Å². The molecule has 1 rings (SSSR count). The average Bonchev–Trinajstić information content (AvgIpc) is 2.09. The van der Waals surface area contributed by atoms with E-state index < -0.39 is 0 Å². The molecule has 0 nitrogen and oxygen atoms in total. The molecule has 3 heteroatoms. The van der Waals surface area contributed by atoms with Crippen LogP contribution in [0, 0.1) is 5.82 Å². The largest absolute Gasteiger partial charge is 0.206 e. The molecule has 0 aliphatic heterocycles. The highest BCUT2D eigenvalue weighted by atomic mass is 32.2. The van der Waals surface area contributed by atoms with Crippen molar-refractivity contribution in [1.82, 2.24) is 0 Å². The number of hydrogen-bond acceptors (Lipinski definition) is 2. The predicted octanol–water partition coefficient (Wildman–Crippen LogP) is 3.24. The van der Waals surface area contributed by atoms with Crippen LogP contribution in [0.5, 0.6) is 0 Å². The second kappa shape index (κ2) is 5.49. The first-order valence-corrected chi connectivity index (χ1v) is 5.44. The Kier molecular flexibility index (Phi) is 4.54. The van der Waals surface area contributed by atoms with E-state index in [4.69, 9.17) is 0 Å². The van der Waals surface area contributed by atoms with E-state index in [2.05, 4.69) is 12.6 Å². The van der Waals surface area contributed by atoms with E-state index in [0.717, 1.165) is 22.8 Å². The zero-order chi connectivity index (χ0) is 8.81. The Morgan fingerprint density at radius 1 is 1.33 bits per heavy atom. The molecule has 0 aliphatic carbocycles. The van der Waals surface area contributed by atoms with Crippen LogP contribution in [-0.2, 0) is 0 Å². The number of hydrogen-bond donors (Lipinski definition) is 1. The third-order valence-electron chi connectivity index (χ3n) is 1.40. The normalized spacial score (nSPS) is 10.2. The van der Waals surface area contributed by atoms with E-state index in [9.17, 15) is 4.39 Å². The fourth-order valence-electron chi connectivity index (χ4n) is 0.808. The maximum atomic E-state index is 13.0. The average molecular weight is 202 g/mol. The lowest BCUT2D eigenvalue weighted by Crippen LogP contribution is -1.83. The molecule has 0 radical (unpaired) electrons. The summed E-state index contributed by atoms with van der Waals surface area (Å²) in [7, 11) is 0. The van der Waals surface area contributed by atoms with Gasteiger partial charge < -0.3 is 0 Å². The number of thioether (sulfide) groups is 1. The third kappa shape index (κ3) is 3.07. The van der Waals surface area contributed by atoms with Gasteiger partial charge >= 0.3 is 0 Å². The van der Waals surface area contributed by atoms with Crippen LogP contribution in [0.4, 0.5) is 4.39 Å². The summed E-state index contributed by atoms with van der Waals surface area (Å²) in [5.74, 6) is 1.67. The smallest absolute Gasteiger partial charge is 0.136 e. The fourth-order valence-corrected chi connectivity index (χ4v) is 2.07. The molecule has 1 aromatic rings. The molecular weight excluding hydrogens is 191 g/mol. The van der Waals surface area contributed by atoms with E-state index >= 15 is 0 Å². The van der Waals surface area contributed by atoms with Gasteiger partial charge in [0.05, 0.1) is 0 Å². The summed E-state index contributed by atoms with van der Waals surface area (Å²) in [4.78, 5) is 0.735. The van der Waals surface area contributed by atoms with E-state index in [-0.39, 0.29) is 5.82 Å². The van der Waals surface area contributed by atoms with Gasteiger partial charge in [-0.25, -0.2) is 4.39 Å². The molecule has 0 amide bonds. The number of halogens is 1. The Bertz CT molecular complexity index is 238. The minimum atomic E-state index is -0.123. The molecule has 0 aromatic heterocycles. The van der Waals surface area contributed by atoms with Crippen LogP contribution >= 0.6 is 24.4 Å². The zero-order valence-corrected chi connectivity index (χ0v) is 8.38. The molecule has 12 heavy (non-hydrogen) atoms. The van der Waals surface area contributed by atoms with Crippen molar-refractivity contribution in [2.75, 3.05) is 11.5 Å². The van der Waals surface area contributed by atoms with Crippen molar-refractivity contribution in [2.24, 2.45) is 0 Å². The molecule has 66 valence electrons. The Labute approximate surface area is 82.0 Å². The first-order chi connectivity index (χ1) is 5.84. The van der Waals surface area contributed by atoms with Crippen LogP contribution in [0.25, 0.3) is 0 Å². The van der Waals surface area contributed by atoms with Crippen molar-refractivity contribution in [3.05, 3.63) is 30.1 Å². The Morgan fingerprint density at radius 3 is 2.75 bits per heavy atom. The van der Waals surface area contributed by atoms with Gasteiger partial charge in [-0.05, 0) is 30.1 Å². The number of thiol groups is 1. The van der Waals surface area contributed by atoms with Gasteiger partial charge in [0, 0.05) is 4.90 Å². The van der Waals surface area contributed by atoms with Gasteiger partial charge in [0.15, 0.2) is 0 Å². The van der Waals surface area contributed by atoms with E-state index in [1.165, 1.54) is 6.07 Å². The van der Waals surface area contributed by atoms with Gasteiger partial charge in [0.25, 0.3) is 0 Å². The first-order valence-electron chi connectivity index (χ1n) is 3.83. The molecule has 0 spiro atoms. The summed E-state index contributed by atoms with van der Waals surface area (Å²) in [6.07, 6.45) is 1.02. The highest BCUT2D eigenvalue weighted by molar-refractivity contribution is 7.99. The van der Waals surface area contributed by atoms with Crippen LogP contribution in [-0.4, -0.2) is 11.5 Å². The maximum Gasteiger partial charge on any atom is 0.136 e. The van der Waals surface area contributed by atoms with E-state index in [1.54, 1.807) is 23.9 Å². The van der Waals surface area contributed by atoms with Gasteiger partial charge in [-0.2, -0.15) is 12.6 Å². The van der Waals surface area contributed by atoms with Crippen molar-refractivity contribution in [1.29, 1.82) is 0 Å². The summed E-state index contributed by atoms with van der Waals surface area (Å²) in [6.45, 7) is 0. The SMILES string of the molecule is Fc1ccccc1SCCCS. The lowest BCUT2D eigenvalue weighted by atomic mass is 10.3. The van der Waals surface area contributed by atoms with Gasteiger partial charge in [0.2, 0.25) is 0 Å². The Hall–Kier alpha value is -0.150. The van der Waals surface area contributed by atoms with Crippen LogP contribution in [0.2, 0.25) is 0 Å². The van der Waals surface area contributed by atoms with Crippen LogP contribution in [0.3, 0.4) is 0 Å². The molecular formula is C9H11FS2. The molecule has 0 unspecified atom stereocenters. The molecule has 0 fully saturated rings. The van der Waals surface area contributed by atoms with Crippen LogP contribution in [0.1, 0.15) is 6.42 Å². The molecule has 1 aromatic carbocycles. The zero-order valence-electron chi connectivity index (χ0n) is 6.66. The molecule has 0 heterocycles. The second-order valence-corrected chi connectivity index (χ2v) is 3.94. The summed E-state index contributed by atoms with van der Waals surface area (Å²) in [5.41, 5.74) is 0. The van der Waals surface area contributed by atoms with E-state index in [0.29, 0.717) is 0 Å². The summed E-state index contributed by atoms with van der Waals surface area (Å²) >= 11 is 5.63. The highest BCUT2D eigenvalue weighted by Crippen LogP contribution is 2.21. The van der Waals surface area contributed by atoms with E-state index in [1.807, 2.05) is 6.07 Å². The predicted molar refractivity (Wildman–Crippen MR) is 55.6 cm³/mol. The monoisotopic (exact) mass is 202 g/mol. The minimum Gasteiger partial charge on any atom is -0.206 e. The highest BCUT2D eigenvalue weighted by Gasteiger charge is 1.99.